The average molecular weight is 312 g/mol. The molecule has 0 amide bonds. The van der Waals surface area contributed by atoms with E-state index in [1.54, 1.807) is 23.7 Å². The van der Waals surface area contributed by atoms with E-state index in [-0.39, 0.29) is 5.92 Å². The molecule has 0 aliphatic carbocycles. The Bertz CT molecular complexity index is 478. The first-order chi connectivity index (χ1) is 8.09. The molecule has 0 saturated heterocycles. The molecule has 0 saturated carbocycles. The lowest BCUT2D eigenvalue weighted by Gasteiger charge is -2.17. The molecule has 0 aromatic carbocycles. The van der Waals surface area contributed by atoms with Crippen molar-refractivity contribution in [3.05, 3.63) is 50.4 Å². The Morgan fingerprint density at radius 1 is 1.35 bits per heavy atom. The van der Waals surface area contributed by atoms with E-state index in [2.05, 4.69) is 20.9 Å². The summed E-state index contributed by atoms with van der Waals surface area (Å²) >= 11 is 5.08. The molecule has 0 aliphatic rings. The van der Waals surface area contributed by atoms with Gasteiger partial charge in [0.25, 0.3) is 0 Å². The zero-order chi connectivity index (χ0) is 12.4. The monoisotopic (exact) mass is 311 g/mol. The number of hydrogen-bond donors (Lipinski definition) is 1. The fraction of sp³-hybridized carbons (Fsp3) is 0.308. The summed E-state index contributed by atoms with van der Waals surface area (Å²) < 4.78 is 1.09. The number of thiophene rings is 1. The molecule has 2 nitrogen and oxygen atoms in total. The van der Waals surface area contributed by atoms with Crippen molar-refractivity contribution in [3.63, 3.8) is 0 Å². The maximum atomic E-state index is 10.3. The third kappa shape index (κ3) is 2.76. The van der Waals surface area contributed by atoms with Gasteiger partial charge in [-0.15, -0.1) is 11.3 Å². The molecule has 0 bridgehead atoms. The molecule has 2 atom stereocenters. The highest BCUT2D eigenvalue weighted by molar-refractivity contribution is 9.11. The van der Waals surface area contributed by atoms with E-state index >= 15 is 0 Å². The smallest absolute Gasteiger partial charge is 0.0948 e. The predicted molar refractivity (Wildman–Crippen MR) is 74.4 cm³/mol. The quantitative estimate of drug-likeness (QED) is 0.927. The summed E-state index contributed by atoms with van der Waals surface area (Å²) in [4.78, 5) is 4.99. The van der Waals surface area contributed by atoms with Crippen molar-refractivity contribution in [1.29, 1.82) is 0 Å². The summed E-state index contributed by atoms with van der Waals surface area (Å²) in [5.74, 6) is 0.0722. The topological polar surface area (TPSA) is 33.1 Å². The highest BCUT2D eigenvalue weighted by atomic mass is 79.9. The van der Waals surface area contributed by atoms with Gasteiger partial charge in [-0.2, -0.15) is 0 Å². The van der Waals surface area contributed by atoms with Gasteiger partial charge in [-0.1, -0.05) is 6.92 Å². The molecule has 2 aromatic heterocycles. The molecule has 17 heavy (non-hydrogen) atoms. The van der Waals surface area contributed by atoms with E-state index in [0.29, 0.717) is 0 Å². The average Bonchev–Trinajstić information content (AvgIpc) is 2.69. The van der Waals surface area contributed by atoms with Crippen LogP contribution in [0.15, 0.2) is 34.4 Å². The van der Waals surface area contributed by atoms with Crippen LogP contribution in [0.2, 0.25) is 0 Å². The van der Waals surface area contributed by atoms with Gasteiger partial charge >= 0.3 is 0 Å². The fourth-order valence-corrected chi connectivity index (χ4v) is 3.39. The number of hydrogen-bond acceptors (Lipinski definition) is 3. The van der Waals surface area contributed by atoms with Crippen LogP contribution in [0.4, 0.5) is 0 Å². The van der Waals surface area contributed by atoms with Crippen molar-refractivity contribution in [2.45, 2.75) is 25.9 Å². The summed E-state index contributed by atoms with van der Waals surface area (Å²) in [6.07, 6.45) is 3.05. The van der Waals surface area contributed by atoms with E-state index in [9.17, 15) is 5.11 Å². The van der Waals surface area contributed by atoms with E-state index in [1.165, 1.54) is 5.56 Å². The Morgan fingerprint density at radius 3 is 2.53 bits per heavy atom. The molecule has 0 radical (unpaired) electrons. The van der Waals surface area contributed by atoms with Crippen LogP contribution in [0.25, 0.3) is 0 Å². The number of nitrogens with zero attached hydrogens (tertiary/aromatic N) is 1. The normalized spacial score (nSPS) is 14.6. The Morgan fingerprint density at radius 2 is 2.00 bits per heavy atom. The zero-order valence-electron chi connectivity index (χ0n) is 9.72. The molecule has 2 heterocycles. The fourth-order valence-electron chi connectivity index (χ4n) is 1.73. The summed E-state index contributed by atoms with van der Waals surface area (Å²) in [5, 5.41) is 10.3. The number of pyridine rings is 1. The third-order valence-corrected chi connectivity index (χ3v) is 5.08. The zero-order valence-corrected chi connectivity index (χ0v) is 12.1. The molecule has 90 valence electrons. The largest absolute Gasteiger partial charge is 0.387 e. The highest BCUT2D eigenvalue weighted by Gasteiger charge is 2.20. The van der Waals surface area contributed by atoms with E-state index in [1.807, 2.05) is 32.0 Å². The van der Waals surface area contributed by atoms with Crippen LogP contribution in [-0.2, 0) is 0 Å². The van der Waals surface area contributed by atoms with Gasteiger partial charge < -0.3 is 5.11 Å². The minimum atomic E-state index is -0.465. The summed E-state index contributed by atoms with van der Waals surface area (Å²) in [7, 11) is 0. The Kier molecular flexibility index (Phi) is 3.97. The van der Waals surface area contributed by atoms with Gasteiger partial charge in [0, 0.05) is 23.2 Å². The summed E-state index contributed by atoms with van der Waals surface area (Å²) in [5.41, 5.74) is 2.28. The summed E-state index contributed by atoms with van der Waals surface area (Å²) in [6, 6.07) is 5.93. The third-order valence-electron chi connectivity index (χ3n) is 2.87. The molecule has 2 rings (SSSR count). The highest BCUT2D eigenvalue weighted by Crippen LogP contribution is 2.37. The van der Waals surface area contributed by atoms with Gasteiger partial charge in [0.2, 0.25) is 0 Å². The Labute approximate surface area is 113 Å². The van der Waals surface area contributed by atoms with Gasteiger partial charge in [-0.3, -0.25) is 4.98 Å². The molecule has 0 aliphatic heterocycles. The number of rotatable bonds is 3. The lowest BCUT2D eigenvalue weighted by molar-refractivity contribution is 0.155. The maximum Gasteiger partial charge on any atom is 0.0948 e. The van der Waals surface area contributed by atoms with Crippen molar-refractivity contribution in [2.24, 2.45) is 0 Å². The molecule has 0 spiro atoms. The number of aryl methyl sites for hydroxylation is 1. The SMILES string of the molecule is Cc1cc(C(O)C(C)c2ccncc2)sc1Br. The van der Waals surface area contributed by atoms with Gasteiger partial charge in [0.05, 0.1) is 9.89 Å². The van der Waals surface area contributed by atoms with E-state index in [0.717, 1.165) is 14.2 Å². The lowest BCUT2D eigenvalue weighted by Crippen LogP contribution is -2.06. The molecule has 2 aromatic rings. The minimum Gasteiger partial charge on any atom is -0.387 e. The maximum absolute atomic E-state index is 10.3. The first-order valence-corrected chi connectivity index (χ1v) is 7.04. The van der Waals surface area contributed by atoms with Gasteiger partial charge in [0.15, 0.2) is 0 Å². The molecule has 0 fully saturated rings. The van der Waals surface area contributed by atoms with E-state index < -0.39 is 6.10 Å². The van der Waals surface area contributed by atoms with Crippen LogP contribution in [0.1, 0.15) is 34.9 Å². The summed E-state index contributed by atoms with van der Waals surface area (Å²) in [6.45, 7) is 4.07. The van der Waals surface area contributed by atoms with Crippen molar-refractivity contribution in [1.82, 2.24) is 4.98 Å². The minimum absolute atomic E-state index is 0.0722. The van der Waals surface area contributed by atoms with Crippen LogP contribution in [0, 0.1) is 6.92 Å². The molecule has 2 unspecified atom stereocenters. The van der Waals surface area contributed by atoms with Crippen molar-refractivity contribution in [3.8, 4) is 0 Å². The van der Waals surface area contributed by atoms with Crippen LogP contribution in [0.3, 0.4) is 0 Å². The van der Waals surface area contributed by atoms with Gasteiger partial charge in [0.1, 0.15) is 0 Å². The second-order valence-electron chi connectivity index (χ2n) is 4.12. The standard InChI is InChI=1S/C13H14BrNOS/c1-8-7-11(17-13(8)14)12(16)9(2)10-3-5-15-6-4-10/h3-7,9,12,16H,1-2H3. The van der Waals surface area contributed by atoms with Crippen molar-refractivity contribution < 1.29 is 5.11 Å². The van der Waals surface area contributed by atoms with Crippen LogP contribution in [-0.4, -0.2) is 10.1 Å². The van der Waals surface area contributed by atoms with Crippen molar-refractivity contribution in [2.75, 3.05) is 0 Å². The number of halogens is 1. The van der Waals surface area contributed by atoms with Crippen molar-refractivity contribution >= 4 is 27.3 Å². The van der Waals surface area contributed by atoms with E-state index in [4.69, 9.17) is 0 Å². The Hall–Kier alpha value is -0.710. The second kappa shape index (κ2) is 5.29. The number of aliphatic hydroxyl groups is 1. The predicted octanol–water partition coefficient (Wildman–Crippen LogP) is 4.05. The molecular weight excluding hydrogens is 298 g/mol. The first kappa shape index (κ1) is 12.7. The van der Waals surface area contributed by atoms with Gasteiger partial charge in [-0.05, 0) is 52.2 Å². The number of aromatic nitrogens is 1. The first-order valence-electron chi connectivity index (χ1n) is 5.43. The van der Waals surface area contributed by atoms with Crippen LogP contribution >= 0.6 is 27.3 Å². The Balaban J connectivity index is 2.23. The second-order valence-corrected chi connectivity index (χ2v) is 6.52. The van der Waals surface area contributed by atoms with Crippen LogP contribution < -0.4 is 0 Å². The van der Waals surface area contributed by atoms with Crippen LogP contribution in [0.5, 0.6) is 0 Å². The molecule has 1 N–H and O–H groups in total. The molecule has 4 heteroatoms. The number of aliphatic hydroxyl groups excluding tert-OH is 1. The van der Waals surface area contributed by atoms with Gasteiger partial charge in [-0.25, -0.2) is 0 Å². The molecular formula is C13H14BrNOS. The lowest BCUT2D eigenvalue weighted by atomic mass is 9.95.